The summed E-state index contributed by atoms with van der Waals surface area (Å²) in [5.41, 5.74) is 2.97. The lowest BCUT2D eigenvalue weighted by Gasteiger charge is -2.16. The molecule has 2 aromatic rings. The average molecular weight is 256 g/mol. The van der Waals surface area contributed by atoms with Crippen LogP contribution < -0.4 is 0 Å². The van der Waals surface area contributed by atoms with Gasteiger partial charge in [0, 0.05) is 25.0 Å². The molecule has 1 N–H and O–H groups in total. The number of nitrogens with zero attached hydrogens (tertiary/aromatic N) is 3. The van der Waals surface area contributed by atoms with E-state index in [2.05, 4.69) is 15.2 Å². The van der Waals surface area contributed by atoms with Crippen molar-refractivity contribution in [1.29, 1.82) is 0 Å². The highest BCUT2D eigenvalue weighted by Gasteiger charge is 2.23. The molecule has 19 heavy (non-hydrogen) atoms. The molecule has 0 bridgehead atoms. The molecule has 0 spiro atoms. The van der Waals surface area contributed by atoms with Crippen LogP contribution in [0.4, 0.5) is 0 Å². The highest BCUT2D eigenvalue weighted by atomic mass is 16.2. The van der Waals surface area contributed by atoms with E-state index in [-0.39, 0.29) is 5.91 Å². The number of nitrogens with one attached hydrogen (secondary N) is 1. The van der Waals surface area contributed by atoms with Crippen LogP contribution in [0.1, 0.15) is 28.9 Å². The fourth-order valence-corrected chi connectivity index (χ4v) is 2.41. The van der Waals surface area contributed by atoms with Crippen molar-refractivity contribution in [2.24, 2.45) is 0 Å². The molecule has 98 valence electrons. The first-order chi connectivity index (χ1) is 9.25. The van der Waals surface area contributed by atoms with E-state index in [0.717, 1.165) is 37.3 Å². The molecule has 1 amide bonds. The summed E-state index contributed by atoms with van der Waals surface area (Å²) < 4.78 is 0. The molecule has 1 fully saturated rings. The standard InChI is InChI=1S/C14H16N4O/c1-10-9-12(17-16-10)13-11(5-4-6-15-13)14(19)18-7-2-3-8-18/h4-6,9H,2-3,7-8H2,1H3,(H,16,17). The number of carbonyl (C=O) groups is 1. The van der Waals surface area contributed by atoms with Gasteiger partial charge in [-0.15, -0.1) is 0 Å². The molecule has 0 atom stereocenters. The van der Waals surface area contributed by atoms with Gasteiger partial charge in [0.05, 0.1) is 5.56 Å². The van der Waals surface area contributed by atoms with Crippen molar-refractivity contribution in [3.8, 4) is 11.4 Å². The summed E-state index contributed by atoms with van der Waals surface area (Å²) in [6.45, 7) is 3.61. The second kappa shape index (κ2) is 4.84. The largest absolute Gasteiger partial charge is 0.339 e. The topological polar surface area (TPSA) is 61.9 Å². The molecule has 3 heterocycles. The van der Waals surface area contributed by atoms with Gasteiger partial charge in [-0.3, -0.25) is 14.9 Å². The molecular formula is C14H16N4O. The number of aromatic nitrogens is 3. The molecule has 1 aliphatic heterocycles. The number of likely N-dealkylation sites (tertiary alicyclic amines) is 1. The van der Waals surface area contributed by atoms with Crippen molar-refractivity contribution in [3.05, 3.63) is 35.7 Å². The van der Waals surface area contributed by atoms with Crippen LogP contribution in [0.2, 0.25) is 0 Å². The Morgan fingerprint density at radius 3 is 2.84 bits per heavy atom. The van der Waals surface area contributed by atoms with Gasteiger partial charge in [-0.2, -0.15) is 5.10 Å². The molecule has 3 rings (SSSR count). The van der Waals surface area contributed by atoms with E-state index < -0.39 is 0 Å². The highest BCUT2D eigenvalue weighted by Crippen LogP contribution is 2.22. The number of H-pyrrole nitrogens is 1. The minimum absolute atomic E-state index is 0.0567. The highest BCUT2D eigenvalue weighted by molar-refractivity contribution is 5.99. The van der Waals surface area contributed by atoms with Crippen molar-refractivity contribution in [3.63, 3.8) is 0 Å². The third-order valence-corrected chi connectivity index (χ3v) is 3.38. The van der Waals surface area contributed by atoms with Crippen LogP contribution in [0.5, 0.6) is 0 Å². The average Bonchev–Trinajstić information content (AvgIpc) is 3.09. The van der Waals surface area contributed by atoms with Crippen LogP contribution in [0.25, 0.3) is 11.4 Å². The summed E-state index contributed by atoms with van der Waals surface area (Å²) in [5.74, 6) is 0.0567. The first kappa shape index (κ1) is 11.9. The van der Waals surface area contributed by atoms with Crippen LogP contribution in [0, 0.1) is 6.92 Å². The summed E-state index contributed by atoms with van der Waals surface area (Å²) in [4.78, 5) is 18.7. The predicted octanol–water partition coefficient (Wildman–Crippen LogP) is 2.02. The summed E-state index contributed by atoms with van der Waals surface area (Å²) in [5, 5.41) is 7.09. The maximum absolute atomic E-state index is 12.5. The fraction of sp³-hybridized carbons (Fsp3) is 0.357. The Morgan fingerprint density at radius 2 is 2.16 bits per heavy atom. The van der Waals surface area contributed by atoms with Gasteiger partial charge in [0.1, 0.15) is 11.4 Å². The second-order valence-corrected chi connectivity index (χ2v) is 4.84. The van der Waals surface area contributed by atoms with E-state index in [4.69, 9.17) is 0 Å². The van der Waals surface area contributed by atoms with Gasteiger partial charge in [-0.05, 0) is 38.0 Å². The Bertz CT molecular complexity index is 599. The molecular weight excluding hydrogens is 240 g/mol. The fourth-order valence-electron chi connectivity index (χ4n) is 2.41. The van der Waals surface area contributed by atoms with Gasteiger partial charge >= 0.3 is 0 Å². The zero-order valence-corrected chi connectivity index (χ0v) is 10.9. The first-order valence-corrected chi connectivity index (χ1v) is 6.52. The number of aromatic amines is 1. The quantitative estimate of drug-likeness (QED) is 0.894. The lowest BCUT2D eigenvalue weighted by atomic mass is 10.1. The number of amides is 1. The Kier molecular flexibility index (Phi) is 3.03. The Hall–Kier alpha value is -2.17. The molecule has 2 aromatic heterocycles. The number of carbonyl (C=O) groups excluding carboxylic acids is 1. The van der Waals surface area contributed by atoms with E-state index in [1.54, 1.807) is 12.3 Å². The van der Waals surface area contributed by atoms with Gasteiger partial charge in [0.25, 0.3) is 5.91 Å². The third-order valence-electron chi connectivity index (χ3n) is 3.38. The summed E-state index contributed by atoms with van der Waals surface area (Å²) in [6, 6.07) is 5.53. The molecule has 0 aromatic carbocycles. The smallest absolute Gasteiger partial charge is 0.256 e. The Labute approximate surface area is 111 Å². The van der Waals surface area contributed by atoms with Crippen molar-refractivity contribution in [1.82, 2.24) is 20.1 Å². The molecule has 1 aliphatic rings. The van der Waals surface area contributed by atoms with Crippen LogP contribution in [0.15, 0.2) is 24.4 Å². The van der Waals surface area contributed by atoms with Crippen molar-refractivity contribution >= 4 is 5.91 Å². The maximum Gasteiger partial charge on any atom is 0.256 e. The summed E-state index contributed by atoms with van der Waals surface area (Å²) in [6.07, 6.45) is 3.87. The third kappa shape index (κ3) is 2.23. The van der Waals surface area contributed by atoms with Gasteiger partial charge in [-0.25, -0.2) is 0 Å². The van der Waals surface area contributed by atoms with E-state index in [9.17, 15) is 4.79 Å². The number of hydrogen-bond acceptors (Lipinski definition) is 3. The lowest BCUT2D eigenvalue weighted by Crippen LogP contribution is -2.28. The zero-order chi connectivity index (χ0) is 13.2. The van der Waals surface area contributed by atoms with Gasteiger partial charge in [0.15, 0.2) is 0 Å². The van der Waals surface area contributed by atoms with Gasteiger partial charge < -0.3 is 4.90 Å². The molecule has 0 aliphatic carbocycles. The molecule has 5 heteroatoms. The minimum atomic E-state index is 0.0567. The normalized spacial score (nSPS) is 14.9. The van der Waals surface area contributed by atoms with Crippen molar-refractivity contribution < 1.29 is 4.79 Å². The number of aryl methyl sites for hydroxylation is 1. The van der Waals surface area contributed by atoms with E-state index in [0.29, 0.717) is 11.3 Å². The number of rotatable bonds is 2. The number of hydrogen-bond donors (Lipinski definition) is 1. The van der Waals surface area contributed by atoms with E-state index in [1.807, 2.05) is 24.0 Å². The van der Waals surface area contributed by atoms with Gasteiger partial charge in [-0.1, -0.05) is 0 Å². The molecule has 5 nitrogen and oxygen atoms in total. The first-order valence-electron chi connectivity index (χ1n) is 6.52. The van der Waals surface area contributed by atoms with E-state index >= 15 is 0 Å². The minimum Gasteiger partial charge on any atom is -0.339 e. The monoisotopic (exact) mass is 256 g/mol. The molecule has 0 saturated carbocycles. The van der Waals surface area contributed by atoms with E-state index in [1.165, 1.54) is 0 Å². The van der Waals surface area contributed by atoms with Crippen LogP contribution in [-0.2, 0) is 0 Å². The van der Waals surface area contributed by atoms with Crippen LogP contribution in [0.3, 0.4) is 0 Å². The predicted molar refractivity (Wildman–Crippen MR) is 71.7 cm³/mol. The second-order valence-electron chi connectivity index (χ2n) is 4.84. The molecule has 0 unspecified atom stereocenters. The Balaban J connectivity index is 1.99. The van der Waals surface area contributed by atoms with Crippen molar-refractivity contribution in [2.75, 3.05) is 13.1 Å². The van der Waals surface area contributed by atoms with Crippen molar-refractivity contribution in [2.45, 2.75) is 19.8 Å². The zero-order valence-electron chi connectivity index (χ0n) is 10.9. The van der Waals surface area contributed by atoms with Crippen LogP contribution >= 0.6 is 0 Å². The number of pyridine rings is 1. The van der Waals surface area contributed by atoms with Gasteiger partial charge in [0.2, 0.25) is 0 Å². The van der Waals surface area contributed by atoms with Crippen LogP contribution in [-0.4, -0.2) is 39.1 Å². The molecule has 0 radical (unpaired) electrons. The SMILES string of the molecule is Cc1cc(-c2ncccc2C(=O)N2CCCC2)n[nH]1. The summed E-state index contributed by atoms with van der Waals surface area (Å²) in [7, 11) is 0. The maximum atomic E-state index is 12.5. The molecule has 1 saturated heterocycles. The Morgan fingerprint density at radius 1 is 1.37 bits per heavy atom. The lowest BCUT2D eigenvalue weighted by molar-refractivity contribution is 0.0793. The summed E-state index contributed by atoms with van der Waals surface area (Å²) >= 11 is 0.